The van der Waals surface area contributed by atoms with Crippen LogP contribution < -0.4 is 0 Å². The zero-order valence-corrected chi connectivity index (χ0v) is 6.36. The van der Waals surface area contributed by atoms with E-state index >= 15 is 0 Å². The lowest BCUT2D eigenvalue weighted by molar-refractivity contribution is 0.111. The molecule has 2 nitrogen and oxygen atoms in total. The Morgan fingerprint density at radius 2 is 2.10 bits per heavy atom. The van der Waals surface area contributed by atoms with E-state index in [-0.39, 0.29) is 5.69 Å². The average Bonchev–Trinajstić information content (AvgIpc) is 1.95. The molecule has 0 aromatic carbocycles. The van der Waals surface area contributed by atoms with E-state index in [2.05, 4.69) is 4.98 Å². The Morgan fingerprint density at radius 3 is 2.60 bits per heavy atom. The first-order chi connectivity index (χ1) is 4.74. The average molecular weight is 176 g/mol. The van der Waals surface area contributed by atoms with Crippen LogP contribution in [-0.4, -0.2) is 11.3 Å². The summed E-state index contributed by atoms with van der Waals surface area (Å²) in [7, 11) is 0. The quantitative estimate of drug-likeness (QED) is 0.614. The van der Waals surface area contributed by atoms with Crippen LogP contribution in [0.15, 0.2) is 12.3 Å². The van der Waals surface area contributed by atoms with Gasteiger partial charge in [-0.1, -0.05) is 23.2 Å². The highest BCUT2D eigenvalue weighted by atomic mass is 35.5. The van der Waals surface area contributed by atoms with Crippen molar-refractivity contribution in [3.8, 4) is 0 Å². The van der Waals surface area contributed by atoms with Crippen molar-refractivity contribution in [2.45, 2.75) is 0 Å². The van der Waals surface area contributed by atoms with Crippen LogP contribution in [0, 0.1) is 0 Å². The van der Waals surface area contributed by atoms with Crippen LogP contribution in [0.25, 0.3) is 0 Å². The maximum absolute atomic E-state index is 10.1. The van der Waals surface area contributed by atoms with Gasteiger partial charge in [0.05, 0.1) is 10.0 Å². The molecule has 0 aliphatic heterocycles. The number of pyridine rings is 1. The zero-order valence-electron chi connectivity index (χ0n) is 4.84. The minimum Gasteiger partial charge on any atom is -0.296 e. The molecular weight excluding hydrogens is 173 g/mol. The van der Waals surface area contributed by atoms with Gasteiger partial charge in [0.2, 0.25) is 0 Å². The number of aldehydes is 1. The zero-order chi connectivity index (χ0) is 7.56. The normalized spacial score (nSPS) is 9.40. The van der Waals surface area contributed by atoms with Gasteiger partial charge in [0.15, 0.2) is 6.29 Å². The third kappa shape index (κ3) is 1.46. The number of halogens is 2. The number of carbonyl (C=O) groups excluding carboxylic acids is 1. The molecule has 1 rings (SSSR count). The number of carbonyl (C=O) groups is 1. The van der Waals surface area contributed by atoms with Gasteiger partial charge in [-0.2, -0.15) is 0 Å². The van der Waals surface area contributed by atoms with Crippen molar-refractivity contribution in [1.82, 2.24) is 4.98 Å². The van der Waals surface area contributed by atoms with Gasteiger partial charge in [-0.15, -0.1) is 0 Å². The Labute approximate surface area is 67.8 Å². The van der Waals surface area contributed by atoms with Crippen molar-refractivity contribution >= 4 is 29.5 Å². The summed E-state index contributed by atoms with van der Waals surface area (Å²) in [5, 5.41) is 0.700. The summed E-state index contributed by atoms with van der Waals surface area (Å²) < 4.78 is 0. The second-order valence-electron chi connectivity index (χ2n) is 1.64. The van der Waals surface area contributed by atoms with E-state index in [1.54, 1.807) is 0 Å². The SMILES string of the molecule is O=Cc1cc(Cl)c(Cl)cn1. The third-order valence-electron chi connectivity index (χ3n) is 0.950. The molecule has 0 spiro atoms. The Morgan fingerprint density at radius 1 is 1.40 bits per heavy atom. The second-order valence-corrected chi connectivity index (χ2v) is 2.46. The first kappa shape index (κ1) is 7.51. The van der Waals surface area contributed by atoms with Gasteiger partial charge in [-0.05, 0) is 6.07 Å². The molecule has 0 unspecified atom stereocenters. The van der Waals surface area contributed by atoms with Crippen molar-refractivity contribution in [2.24, 2.45) is 0 Å². The molecule has 0 aliphatic carbocycles. The lowest BCUT2D eigenvalue weighted by Gasteiger charge is -1.92. The third-order valence-corrected chi connectivity index (χ3v) is 1.66. The van der Waals surface area contributed by atoms with Crippen molar-refractivity contribution < 1.29 is 4.79 Å². The number of aromatic nitrogens is 1. The lowest BCUT2D eigenvalue weighted by atomic mass is 10.4. The van der Waals surface area contributed by atoms with Crippen molar-refractivity contribution in [1.29, 1.82) is 0 Å². The standard InChI is InChI=1S/C6H3Cl2NO/c7-5-1-4(3-10)9-2-6(5)8/h1-3H. The summed E-state index contributed by atoms with van der Waals surface area (Å²) >= 11 is 11.1. The molecule has 52 valence electrons. The topological polar surface area (TPSA) is 30.0 Å². The van der Waals surface area contributed by atoms with Crippen LogP contribution in [0.3, 0.4) is 0 Å². The number of hydrogen-bond donors (Lipinski definition) is 0. The van der Waals surface area contributed by atoms with Crippen LogP contribution in [0.5, 0.6) is 0 Å². The Hall–Kier alpha value is -0.600. The molecule has 4 heteroatoms. The molecule has 0 amide bonds. The van der Waals surface area contributed by atoms with Gasteiger partial charge in [-0.3, -0.25) is 9.78 Å². The first-order valence-electron chi connectivity index (χ1n) is 2.50. The summed E-state index contributed by atoms with van der Waals surface area (Å²) in [5.74, 6) is 0. The highest BCUT2D eigenvalue weighted by molar-refractivity contribution is 6.41. The summed E-state index contributed by atoms with van der Waals surface area (Å²) in [4.78, 5) is 13.8. The molecule has 1 aromatic heterocycles. The molecule has 0 aliphatic rings. The maximum Gasteiger partial charge on any atom is 0.168 e. The van der Waals surface area contributed by atoms with E-state index < -0.39 is 0 Å². The minimum atomic E-state index is 0.286. The van der Waals surface area contributed by atoms with Crippen molar-refractivity contribution in [3.05, 3.63) is 28.0 Å². The Balaban J connectivity index is 3.16. The molecule has 1 heterocycles. The van der Waals surface area contributed by atoms with E-state index in [0.29, 0.717) is 16.3 Å². The first-order valence-corrected chi connectivity index (χ1v) is 3.26. The highest BCUT2D eigenvalue weighted by Crippen LogP contribution is 2.19. The van der Waals surface area contributed by atoms with Gasteiger partial charge in [-0.25, -0.2) is 0 Å². The van der Waals surface area contributed by atoms with Gasteiger partial charge in [0.1, 0.15) is 5.69 Å². The number of rotatable bonds is 1. The highest BCUT2D eigenvalue weighted by Gasteiger charge is 1.97. The fraction of sp³-hybridized carbons (Fsp3) is 0. The monoisotopic (exact) mass is 175 g/mol. The van der Waals surface area contributed by atoms with Gasteiger partial charge in [0, 0.05) is 6.20 Å². The molecule has 10 heavy (non-hydrogen) atoms. The smallest absolute Gasteiger partial charge is 0.168 e. The molecule has 0 saturated carbocycles. The summed E-state index contributed by atoms with van der Waals surface area (Å²) in [6, 6.07) is 1.41. The molecule has 1 aromatic rings. The van der Waals surface area contributed by atoms with Crippen LogP contribution >= 0.6 is 23.2 Å². The fourth-order valence-electron chi connectivity index (χ4n) is 0.493. The molecule has 0 radical (unpaired) electrons. The Bertz CT molecular complexity index is 262. The Kier molecular flexibility index (Phi) is 2.25. The van der Waals surface area contributed by atoms with E-state index in [1.807, 2.05) is 0 Å². The van der Waals surface area contributed by atoms with Gasteiger partial charge in [0.25, 0.3) is 0 Å². The van der Waals surface area contributed by atoms with E-state index in [9.17, 15) is 4.79 Å². The molecular formula is C6H3Cl2NO. The summed E-state index contributed by atoms with van der Waals surface area (Å²) in [6.45, 7) is 0. The van der Waals surface area contributed by atoms with Crippen LogP contribution in [0.4, 0.5) is 0 Å². The molecule has 0 saturated heterocycles. The predicted molar refractivity (Wildman–Crippen MR) is 39.6 cm³/mol. The minimum absolute atomic E-state index is 0.286. The molecule has 0 bridgehead atoms. The van der Waals surface area contributed by atoms with Gasteiger partial charge >= 0.3 is 0 Å². The van der Waals surface area contributed by atoms with Crippen molar-refractivity contribution in [3.63, 3.8) is 0 Å². The summed E-state index contributed by atoms with van der Waals surface area (Å²) in [6.07, 6.45) is 1.95. The van der Waals surface area contributed by atoms with E-state index in [4.69, 9.17) is 23.2 Å². The number of hydrogen-bond acceptors (Lipinski definition) is 2. The molecule has 0 atom stereocenters. The lowest BCUT2D eigenvalue weighted by Crippen LogP contribution is -1.84. The molecule has 0 fully saturated rings. The van der Waals surface area contributed by atoms with Gasteiger partial charge < -0.3 is 0 Å². The maximum atomic E-state index is 10.1. The van der Waals surface area contributed by atoms with Crippen molar-refractivity contribution in [2.75, 3.05) is 0 Å². The number of nitrogens with zero attached hydrogens (tertiary/aromatic N) is 1. The largest absolute Gasteiger partial charge is 0.296 e. The van der Waals surface area contributed by atoms with E-state index in [0.717, 1.165) is 0 Å². The van der Waals surface area contributed by atoms with Crippen LogP contribution in [0.1, 0.15) is 10.5 Å². The van der Waals surface area contributed by atoms with Crippen LogP contribution in [0.2, 0.25) is 10.0 Å². The second kappa shape index (κ2) is 2.99. The molecule has 0 N–H and O–H groups in total. The predicted octanol–water partition coefficient (Wildman–Crippen LogP) is 2.20. The van der Waals surface area contributed by atoms with E-state index in [1.165, 1.54) is 12.3 Å². The fourth-order valence-corrected chi connectivity index (χ4v) is 0.757. The van der Waals surface area contributed by atoms with Crippen LogP contribution in [-0.2, 0) is 0 Å². The summed E-state index contributed by atoms with van der Waals surface area (Å²) in [5.41, 5.74) is 0.286.